The van der Waals surface area contributed by atoms with Gasteiger partial charge in [0.2, 0.25) is 0 Å². The molecule has 2 aliphatic heterocycles. The second kappa shape index (κ2) is 8.47. The summed E-state index contributed by atoms with van der Waals surface area (Å²) in [5, 5.41) is 12.9. The van der Waals surface area contributed by atoms with Crippen LogP contribution in [-0.2, 0) is 16.5 Å². The third kappa shape index (κ3) is 3.60. The molecule has 172 valence electrons. The lowest BCUT2D eigenvalue weighted by atomic mass is 10.1. The second-order valence-electron chi connectivity index (χ2n) is 8.58. The van der Waals surface area contributed by atoms with Gasteiger partial charge in [-0.15, -0.1) is 5.10 Å². The molecule has 0 bridgehead atoms. The Hall–Kier alpha value is -2.89. The molecule has 4 aromatic heterocycles. The first-order valence-corrected chi connectivity index (χ1v) is 12.1. The molecular weight excluding hydrogens is 440 g/mol. The molecule has 0 radical (unpaired) electrons. The number of hydrogen-bond acceptors (Lipinski definition) is 9. The molecule has 2 fully saturated rings. The number of morpholine rings is 1. The maximum Gasteiger partial charge on any atom is 0.150 e. The molecule has 0 amide bonds. The van der Waals surface area contributed by atoms with Crippen LogP contribution < -0.4 is 4.90 Å². The van der Waals surface area contributed by atoms with Gasteiger partial charge < -0.3 is 14.4 Å². The van der Waals surface area contributed by atoms with Crippen molar-refractivity contribution in [1.82, 2.24) is 34.1 Å². The van der Waals surface area contributed by atoms with E-state index in [4.69, 9.17) is 18.8 Å². The van der Waals surface area contributed by atoms with E-state index in [9.17, 15) is 0 Å². The highest BCUT2D eigenvalue weighted by molar-refractivity contribution is 7.14. The molecule has 2 atom stereocenters. The first-order chi connectivity index (χ1) is 16.2. The maximum atomic E-state index is 6.02. The Balaban J connectivity index is 1.53. The third-order valence-electron chi connectivity index (χ3n) is 6.41. The van der Waals surface area contributed by atoms with Gasteiger partial charge in [0.15, 0.2) is 6.23 Å². The molecule has 6 heterocycles. The van der Waals surface area contributed by atoms with Crippen LogP contribution in [-0.4, -0.2) is 66.5 Å². The van der Waals surface area contributed by atoms with Crippen LogP contribution in [0.25, 0.3) is 32.9 Å². The Kier molecular flexibility index (Phi) is 5.31. The minimum absolute atomic E-state index is 0.0660. The molecule has 6 rings (SSSR count). The number of rotatable bonds is 4. The van der Waals surface area contributed by atoms with Gasteiger partial charge in [0.1, 0.15) is 17.0 Å². The number of aryl methyl sites for hydroxylation is 1. The average molecular weight is 467 g/mol. The zero-order valence-electron chi connectivity index (χ0n) is 18.7. The van der Waals surface area contributed by atoms with Gasteiger partial charge >= 0.3 is 0 Å². The Bertz CT molecular complexity index is 1270. The molecule has 0 aromatic carbocycles. The lowest BCUT2D eigenvalue weighted by molar-refractivity contribution is -0.0383. The number of hydrogen-bond donors (Lipinski definition) is 0. The first-order valence-electron chi connectivity index (χ1n) is 11.4. The van der Waals surface area contributed by atoms with E-state index in [1.165, 1.54) is 11.5 Å². The van der Waals surface area contributed by atoms with Gasteiger partial charge in [-0.3, -0.25) is 0 Å². The standard InChI is InChI=1S/C22H26N8O2S/c1-14-13-31-10-8-29(14)18-11-15(17-12-23-27-28(17)2)22-21(25-18)20(26-33-22)16-6-7-24-30(16)19-5-3-4-9-32-19/h6-7,11-12,14,19H,3-5,8-10,13H2,1-2H3/t14-,19?/m1/s1. The van der Waals surface area contributed by atoms with Crippen LogP contribution in [0, 0.1) is 0 Å². The Morgan fingerprint density at radius 2 is 2.12 bits per heavy atom. The van der Waals surface area contributed by atoms with Gasteiger partial charge in [0.25, 0.3) is 0 Å². The molecule has 33 heavy (non-hydrogen) atoms. The van der Waals surface area contributed by atoms with E-state index in [0.29, 0.717) is 13.2 Å². The van der Waals surface area contributed by atoms with Crippen molar-refractivity contribution < 1.29 is 9.47 Å². The van der Waals surface area contributed by atoms with Crippen molar-refractivity contribution in [2.45, 2.75) is 38.5 Å². The van der Waals surface area contributed by atoms with E-state index in [1.54, 1.807) is 10.9 Å². The average Bonchev–Trinajstić information content (AvgIpc) is 3.58. The van der Waals surface area contributed by atoms with Gasteiger partial charge in [-0.1, -0.05) is 5.21 Å². The smallest absolute Gasteiger partial charge is 0.150 e. The van der Waals surface area contributed by atoms with Gasteiger partial charge in [0, 0.05) is 32.0 Å². The summed E-state index contributed by atoms with van der Waals surface area (Å²) >= 11 is 1.45. The van der Waals surface area contributed by atoms with Crippen LogP contribution in [0.1, 0.15) is 32.4 Å². The summed E-state index contributed by atoms with van der Waals surface area (Å²) in [5.74, 6) is 0.913. The zero-order chi connectivity index (χ0) is 22.4. The van der Waals surface area contributed by atoms with Crippen LogP contribution in [0.2, 0.25) is 0 Å². The topological polar surface area (TPSA) is 96.0 Å². The van der Waals surface area contributed by atoms with Crippen molar-refractivity contribution in [2.75, 3.05) is 31.3 Å². The fraction of sp³-hybridized carbons (Fsp3) is 0.500. The van der Waals surface area contributed by atoms with E-state index < -0.39 is 0 Å². The van der Waals surface area contributed by atoms with E-state index in [2.05, 4.69) is 33.3 Å². The van der Waals surface area contributed by atoms with E-state index in [1.807, 2.05) is 24.0 Å². The van der Waals surface area contributed by atoms with Crippen molar-refractivity contribution in [3.8, 4) is 22.6 Å². The highest BCUT2D eigenvalue weighted by Crippen LogP contribution is 2.39. The lowest BCUT2D eigenvalue weighted by Crippen LogP contribution is -2.44. The Labute approximate surface area is 195 Å². The third-order valence-corrected chi connectivity index (χ3v) is 7.28. The van der Waals surface area contributed by atoms with E-state index in [-0.39, 0.29) is 12.3 Å². The zero-order valence-corrected chi connectivity index (χ0v) is 19.5. The number of nitrogens with zero attached hydrogens (tertiary/aromatic N) is 8. The molecule has 0 saturated carbocycles. The predicted molar refractivity (Wildman–Crippen MR) is 125 cm³/mol. The van der Waals surface area contributed by atoms with E-state index in [0.717, 1.165) is 71.1 Å². The number of anilines is 1. The molecule has 4 aromatic rings. The van der Waals surface area contributed by atoms with Crippen LogP contribution in [0.4, 0.5) is 5.82 Å². The normalized spacial score (nSPS) is 21.7. The fourth-order valence-corrected chi connectivity index (χ4v) is 5.51. The Morgan fingerprint density at radius 1 is 1.18 bits per heavy atom. The molecule has 2 saturated heterocycles. The van der Waals surface area contributed by atoms with Gasteiger partial charge in [-0.25, -0.2) is 14.3 Å². The lowest BCUT2D eigenvalue weighted by Gasteiger charge is -2.34. The highest BCUT2D eigenvalue weighted by Gasteiger charge is 2.27. The molecule has 0 aliphatic carbocycles. The summed E-state index contributed by atoms with van der Waals surface area (Å²) in [6, 6.07) is 4.37. The first kappa shape index (κ1) is 20.7. The summed E-state index contributed by atoms with van der Waals surface area (Å²) < 4.78 is 21.3. The maximum absolute atomic E-state index is 6.02. The van der Waals surface area contributed by atoms with Crippen LogP contribution in [0.5, 0.6) is 0 Å². The van der Waals surface area contributed by atoms with E-state index >= 15 is 0 Å². The number of pyridine rings is 1. The molecular formula is C22H26N8O2S. The molecule has 10 nitrogen and oxygen atoms in total. The number of ether oxygens (including phenoxy) is 2. The van der Waals surface area contributed by atoms with Crippen LogP contribution >= 0.6 is 11.5 Å². The van der Waals surface area contributed by atoms with Crippen molar-refractivity contribution in [3.05, 3.63) is 24.5 Å². The largest absolute Gasteiger partial charge is 0.377 e. The summed E-state index contributed by atoms with van der Waals surface area (Å²) in [6.45, 7) is 5.09. The summed E-state index contributed by atoms with van der Waals surface area (Å²) in [5.41, 5.74) is 4.60. The molecule has 1 unspecified atom stereocenters. The van der Waals surface area contributed by atoms with Crippen molar-refractivity contribution >= 4 is 27.6 Å². The molecule has 2 aliphatic rings. The van der Waals surface area contributed by atoms with Gasteiger partial charge in [0.05, 0.1) is 41.5 Å². The molecule has 0 spiro atoms. The predicted octanol–water partition coefficient (Wildman–Crippen LogP) is 3.27. The van der Waals surface area contributed by atoms with Crippen LogP contribution in [0.3, 0.4) is 0 Å². The highest BCUT2D eigenvalue weighted by atomic mass is 32.1. The Morgan fingerprint density at radius 3 is 2.91 bits per heavy atom. The summed E-state index contributed by atoms with van der Waals surface area (Å²) in [4.78, 5) is 7.44. The van der Waals surface area contributed by atoms with Crippen LogP contribution in [0.15, 0.2) is 24.5 Å². The summed E-state index contributed by atoms with van der Waals surface area (Å²) in [7, 11) is 1.91. The monoisotopic (exact) mass is 466 g/mol. The second-order valence-corrected chi connectivity index (χ2v) is 9.35. The van der Waals surface area contributed by atoms with Gasteiger partial charge in [-0.2, -0.15) is 9.47 Å². The number of fused-ring (bicyclic) bond motifs is 1. The molecule has 11 heteroatoms. The van der Waals surface area contributed by atoms with Crippen molar-refractivity contribution in [2.24, 2.45) is 7.05 Å². The SMILES string of the molecule is C[C@@H]1COCCN1c1cc(-c2cnnn2C)c2snc(-c3ccnn3C3CCCCO3)c2n1. The fourth-order valence-electron chi connectivity index (χ4n) is 4.66. The minimum Gasteiger partial charge on any atom is -0.377 e. The van der Waals surface area contributed by atoms with Crippen molar-refractivity contribution in [3.63, 3.8) is 0 Å². The van der Waals surface area contributed by atoms with Gasteiger partial charge in [-0.05, 0) is 49.9 Å². The molecule has 0 N–H and O–H groups in total. The van der Waals surface area contributed by atoms with Crippen molar-refractivity contribution in [1.29, 1.82) is 0 Å². The quantitative estimate of drug-likeness (QED) is 0.452. The minimum atomic E-state index is -0.0660. The summed E-state index contributed by atoms with van der Waals surface area (Å²) in [6.07, 6.45) is 6.73. The number of aromatic nitrogens is 7.